The number of para-hydroxylation sites is 1. The third kappa shape index (κ3) is 4.97. The highest BCUT2D eigenvalue weighted by Gasteiger charge is 2.27. The standard InChI is InChI=1S/C17H16BrN5O7S2/c18-22-17(24)15-16(13-3-1-2-4-14(13)21-15)32(29,30)20-10-9-19-31(27,28)12-7-5-11(6-8-12)23(25)26/h1-8,19-21H,9-10H2,(H,22,24). The van der Waals surface area contributed by atoms with Crippen LogP contribution in [0.15, 0.2) is 58.3 Å². The Bertz CT molecular complexity index is 1390. The Hall–Kier alpha value is -2.85. The number of nitro benzene ring substituents is 1. The number of sulfonamides is 2. The van der Waals surface area contributed by atoms with E-state index in [-0.39, 0.29) is 39.6 Å². The largest absolute Gasteiger partial charge is 0.349 e. The minimum Gasteiger partial charge on any atom is -0.349 e. The molecule has 3 aromatic rings. The predicted molar refractivity (Wildman–Crippen MR) is 118 cm³/mol. The lowest BCUT2D eigenvalue weighted by Gasteiger charge is -2.09. The number of benzene rings is 2. The first-order chi connectivity index (χ1) is 15.1. The first-order valence-corrected chi connectivity index (χ1v) is 12.6. The normalized spacial score (nSPS) is 12.0. The minimum absolute atomic E-state index is 0.193. The zero-order valence-corrected chi connectivity index (χ0v) is 19.3. The summed E-state index contributed by atoms with van der Waals surface area (Å²) in [5.41, 5.74) is -0.0290. The van der Waals surface area contributed by atoms with Crippen molar-refractivity contribution in [3.05, 3.63) is 64.3 Å². The van der Waals surface area contributed by atoms with E-state index >= 15 is 0 Å². The van der Waals surface area contributed by atoms with Gasteiger partial charge in [0.25, 0.3) is 11.6 Å². The monoisotopic (exact) mass is 545 g/mol. The number of amides is 1. The molecule has 3 rings (SSSR count). The minimum atomic E-state index is -4.20. The number of hydrogen-bond acceptors (Lipinski definition) is 7. The number of halogens is 1. The second-order valence-electron chi connectivity index (χ2n) is 6.34. The van der Waals surface area contributed by atoms with Crippen LogP contribution in [0.25, 0.3) is 10.9 Å². The number of aromatic amines is 1. The quantitative estimate of drug-likeness (QED) is 0.135. The third-order valence-electron chi connectivity index (χ3n) is 4.31. The Labute approximate surface area is 191 Å². The summed E-state index contributed by atoms with van der Waals surface area (Å²) >= 11 is 2.78. The molecule has 0 aliphatic carbocycles. The van der Waals surface area contributed by atoms with Gasteiger partial charge in [-0.1, -0.05) is 18.2 Å². The molecule has 1 amide bonds. The molecular formula is C17H16BrN5O7S2. The Morgan fingerprint density at radius 3 is 2.16 bits per heavy atom. The first kappa shape index (κ1) is 23.8. The van der Waals surface area contributed by atoms with Crippen molar-refractivity contribution in [2.75, 3.05) is 13.1 Å². The topological polar surface area (TPSA) is 180 Å². The van der Waals surface area contributed by atoms with E-state index in [1.165, 1.54) is 6.07 Å². The molecule has 0 saturated heterocycles. The molecule has 2 aromatic carbocycles. The number of non-ortho nitro benzene ring substituents is 1. The van der Waals surface area contributed by atoms with E-state index < -0.39 is 30.9 Å². The van der Waals surface area contributed by atoms with Gasteiger partial charge in [0.2, 0.25) is 20.0 Å². The van der Waals surface area contributed by atoms with Crippen molar-refractivity contribution in [2.24, 2.45) is 0 Å². The fourth-order valence-corrected chi connectivity index (χ4v) is 5.50. The van der Waals surface area contributed by atoms with Crippen LogP contribution >= 0.6 is 16.1 Å². The second kappa shape index (κ2) is 9.33. The van der Waals surface area contributed by atoms with Crippen LogP contribution < -0.4 is 13.8 Å². The van der Waals surface area contributed by atoms with Crippen molar-refractivity contribution in [3.63, 3.8) is 0 Å². The Balaban J connectivity index is 1.73. The summed E-state index contributed by atoms with van der Waals surface area (Å²) in [6.45, 7) is -0.621. The first-order valence-electron chi connectivity index (χ1n) is 8.82. The second-order valence-corrected chi connectivity index (χ2v) is 10.2. The van der Waals surface area contributed by atoms with Gasteiger partial charge in [0, 0.05) is 52.3 Å². The molecule has 0 atom stereocenters. The smallest absolute Gasteiger partial charge is 0.278 e. The number of fused-ring (bicyclic) bond motifs is 1. The molecule has 0 radical (unpaired) electrons. The lowest BCUT2D eigenvalue weighted by Crippen LogP contribution is -2.35. The number of nitrogens with zero attached hydrogens (tertiary/aromatic N) is 1. The molecule has 0 aliphatic heterocycles. The van der Waals surface area contributed by atoms with Gasteiger partial charge in [-0.15, -0.1) is 0 Å². The van der Waals surface area contributed by atoms with Crippen LogP contribution in [0, 0.1) is 10.1 Å². The number of carbonyl (C=O) groups is 1. The van der Waals surface area contributed by atoms with Crippen molar-refractivity contribution in [2.45, 2.75) is 9.79 Å². The SMILES string of the molecule is O=C(NBr)c1[nH]c2ccccc2c1S(=O)(=O)NCCNS(=O)(=O)c1ccc([N+](=O)[O-])cc1. The van der Waals surface area contributed by atoms with Crippen molar-refractivity contribution in [1.82, 2.24) is 18.8 Å². The number of H-pyrrole nitrogens is 1. The molecule has 4 N–H and O–H groups in total. The molecule has 170 valence electrons. The molecule has 0 saturated carbocycles. The zero-order valence-electron chi connectivity index (χ0n) is 16.0. The van der Waals surface area contributed by atoms with Crippen LogP contribution in [0.1, 0.15) is 10.5 Å². The summed E-state index contributed by atoms with van der Waals surface area (Å²) in [4.78, 5) is 24.4. The lowest BCUT2D eigenvalue weighted by molar-refractivity contribution is -0.384. The maximum Gasteiger partial charge on any atom is 0.278 e. The molecule has 15 heteroatoms. The number of carbonyl (C=O) groups excluding carboxylic acids is 1. The molecule has 1 heterocycles. The molecule has 0 unspecified atom stereocenters. The zero-order chi connectivity index (χ0) is 23.5. The number of hydrogen-bond donors (Lipinski definition) is 4. The predicted octanol–water partition coefficient (Wildman–Crippen LogP) is 1.37. The highest BCUT2D eigenvalue weighted by atomic mass is 79.9. The fourth-order valence-electron chi connectivity index (χ4n) is 2.88. The Morgan fingerprint density at radius 2 is 1.56 bits per heavy atom. The molecule has 0 spiro atoms. The van der Waals surface area contributed by atoms with E-state index in [1.807, 2.05) is 0 Å². The van der Waals surface area contributed by atoms with Crippen molar-refractivity contribution >= 4 is 58.7 Å². The van der Waals surface area contributed by atoms with Gasteiger partial charge in [-0.3, -0.25) is 19.3 Å². The van der Waals surface area contributed by atoms with Crippen LogP contribution in [0.4, 0.5) is 5.69 Å². The van der Waals surface area contributed by atoms with Crippen molar-refractivity contribution in [3.8, 4) is 0 Å². The Morgan fingerprint density at radius 1 is 0.969 bits per heavy atom. The summed E-state index contributed by atoms with van der Waals surface area (Å²) in [5, 5.41) is 11.0. The van der Waals surface area contributed by atoms with E-state index in [0.29, 0.717) is 5.52 Å². The summed E-state index contributed by atoms with van der Waals surface area (Å²) in [5.74, 6) is -0.708. The van der Waals surface area contributed by atoms with E-state index in [9.17, 15) is 31.7 Å². The summed E-state index contributed by atoms with van der Waals surface area (Å²) in [6, 6.07) is 10.7. The van der Waals surface area contributed by atoms with E-state index in [2.05, 4.69) is 34.9 Å². The fraction of sp³-hybridized carbons (Fsp3) is 0.118. The molecule has 12 nitrogen and oxygen atoms in total. The van der Waals surface area contributed by atoms with Crippen molar-refractivity contribution < 1.29 is 26.6 Å². The maximum absolute atomic E-state index is 12.9. The Kier molecular flexibility index (Phi) is 6.94. The number of nitrogens with one attached hydrogen (secondary N) is 4. The van der Waals surface area contributed by atoms with Gasteiger partial charge in [-0.25, -0.2) is 26.3 Å². The van der Waals surface area contributed by atoms with Gasteiger partial charge < -0.3 is 4.98 Å². The van der Waals surface area contributed by atoms with Gasteiger partial charge in [-0.2, -0.15) is 0 Å². The van der Waals surface area contributed by atoms with Crippen LogP contribution in [-0.2, 0) is 20.0 Å². The maximum atomic E-state index is 12.9. The van der Waals surface area contributed by atoms with E-state index in [4.69, 9.17) is 0 Å². The number of nitro groups is 1. The molecule has 1 aromatic heterocycles. The number of aromatic nitrogens is 1. The van der Waals surface area contributed by atoms with E-state index in [1.54, 1.807) is 18.2 Å². The van der Waals surface area contributed by atoms with Crippen molar-refractivity contribution in [1.29, 1.82) is 0 Å². The average molecular weight is 546 g/mol. The van der Waals surface area contributed by atoms with Gasteiger partial charge in [-0.05, 0) is 18.2 Å². The molecular weight excluding hydrogens is 530 g/mol. The summed E-state index contributed by atoms with van der Waals surface area (Å²) < 4.78 is 57.0. The lowest BCUT2D eigenvalue weighted by atomic mass is 10.2. The third-order valence-corrected chi connectivity index (χ3v) is 7.69. The average Bonchev–Trinajstić information content (AvgIpc) is 3.17. The molecule has 0 bridgehead atoms. The number of rotatable bonds is 9. The van der Waals surface area contributed by atoms with Gasteiger partial charge in [0.1, 0.15) is 10.6 Å². The molecule has 0 fully saturated rings. The molecule has 0 aliphatic rings. The van der Waals surface area contributed by atoms with Gasteiger partial charge in [0.05, 0.1) is 9.82 Å². The molecule has 32 heavy (non-hydrogen) atoms. The van der Waals surface area contributed by atoms with Crippen LogP contribution in [0.5, 0.6) is 0 Å². The highest BCUT2D eigenvalue weighted by Crippen LogP contribution is 2.27. The van der Waals surface area contributed by atoms with Crippen LogP contribution in [0.2, 0.25) is 0 Å². The summed E-state index contributed by atoms with van der Waals surface area (Å²) in [6.07, 6.45) is 0. The van der Waals surface area contributed by atoms with Crippen LogP contribution in [0.3, 0.4) is 0 Å². The van der Waals surface area contributed by atoms with Crippen LogP contribution in [-0.4, -0.2) is 45.7 Å². The van der Waals surface area contributed by atoms with Gasteiger partial charge in [0.15, 0.2) is 0 Å². The summed E-state index contributed by atoms with van der Waals surface area (Å²) in [7, 11) is -8.22. The van der Waals surface area contributed by atoms with E-state index in [0.717, 1.165) is 24.3 Å². The highest BCUT2D eigenvalue weighted by molar-refractivity contribution is 9.08. The van der Waals surface area contributed by atoms with Gasteiger partial charge >= 0.3 is 0 Å².